The zero-order valence-corrected chi connectivity index (χ0v) is 19.3. The van der Waals surface area contributed by atoms with E-state index in [1.807, 2.05) is 13.8 Å². The summed E-state index contributed by atoms with van der Waals surface area (Å²) in [6, 6.07) is 4.28. The van der Waals surface area contributed by atoms with Crippen molar-refractivity contribution in [3.8, 4) is 11.5 Å². The summed E-state index contributed by atoms with van der Waals surface area (Å²) in [7, 11) is 4.03. The number of aliphatic hydroxyl groups is 1. The standard InChI is InChI=1S/C25H37NO4/c1-7-24-19-15-9-10-16(27)20(19)30-21(24)25(29-6)12-11-23(24,14-17(25)22(3,4)28)18(13-15)26(5)8-2/h9-10,17-18,21,27-28H,7-8,11-14H2,1-6H3/t17-,18-,21-,23-,24+,25+/m1/s1. The second kappa shape index (κ2) is 6.14. The molecule has 6 atom stereocenters. The van der Waals surface area contributed by atoms with E-state index in [-0.39, 0.29) is 28.6 Å². The molecule has 1 heterocycles. The minimum absolute atomic E-state index is 0.0197. The van der Waals surface area contributed by atoms with Crippen molar-refractivity contribution >= 4 is 0 Å². The van der Waals surface area contributed by atoms with Gasteiger partial charge in [0.25, 0.3) is 0 Å². The Hall–Kier alpha value is -1.30. The van der Waals surface area contributed by atoms with Crippen molar-refractivity contribution in [2.24, 2.45) is 11.3 Å². The number of hydrogen-bond donors (Lipinski definition) is 2. The maximum Gasteiger partial charge on any atom is 0.165 e. The smallest absolute Gasteiger partial charge is 0.165 e. The third kappa shape index (κ3) is 2.05. The molecule has 0 unspecified atom stereocenters. The van der Waals surface area contributed by atoms with Crippen LogP contribution in [0.3, 0.4) is 0 Å². The van der Waals surface area contributed by atoms with Crippen LogP contribution in [0, 0.1) is 11.3 Å². The van der Waals surface area contributed by atoms with Crippen LogP contribution in [0.15, 0.2) is 12.1 Å². The first-order valence-corrected chi connectivity index (χ1v) is 11.6. The van der Waals surface area contributed by atoms with Crippen LogP contribution in [0.2, 0.25) is 0 Å². The first-order valence-electron chi connectivity index (χ1n) is 11.6. The maximum atomic E-state index is 11.3. The fraction of sp³-hybridized carbons (Fsp3) is 0.760. The average Bonchev–Trinajstić information content (AvgIpc) is 3.12. The van der Waals surface area contributed by atoms with Gasteiger partial charge in [0.05, 0.1) is 5.60 Å². The molecule has 4 aliphatic carbocycles. The maximum absolute atomic E-state index is 11.3. The van der Waals surface area contributed by atoms with Crippen LogP contribution in [-0.2, 0) is 16.6 Å². The van der Waals surface area contributed by atoms with Crippen molar-refractivity contribution in [3.05, 3.63) is 23.3 Å². The topological polar surface area (TPSA) is 62.2 Å². The molecule has 5 aliphatic rings. The van der Waals surface area contributed by atoms with Gasteiger partial charge >= 0.3 is 0 Å². The molecule has 30 heavy (non-hydrogen) atoms. The highest BCUT2D eigenvalue weighted by Crippen LogP contribution is 2.76. The van der Waals surface area contributed by atoms with E-state index in [2.05, 4.69) is 31.9 Å². The van der Waals surface area contributed by atoms with Gasteiger partial charge in [0, 0.05) is 35.5 Å². The summed E-state index contributed by atoms with van der Waals surface area (Å²) in [4.78, 5) is 2.51. The normalized spacial score (nSPS) is 41.1. The Kier molecular flexibility index (Phi) is 4.22. The second-order valence-electron chi connectivity index (χ2n) is 10.8. The lowest BCUT2D eigenvalue weighted by atomic mass is 9.35. The largest absolute Gasteiger partial charge is 0.504 e. The SMILES string of the molecule is CCN(C)[C@@H]1Cc2ccc(O)c3c2[C@@]2(CC)[C@@H](O3)[C@]3(OC)CC[C@@]12C[C@@H]3C(C)(C)O. The summed E-state index contributed by atoms with van der Waals surface area (Å²) >= 11 is 0. The fourth-order valence-corrected chi connectivity index (χ4v) is 8.43. The number of likely N-dealkylation sites (N-methyl/N-ethyl adjacent to an activating group) is 1. The monoisotopic (exact) mass is 415 g/mol. The first kappa shape index (κ1) is 20.6. The van der Waals surface area contributed by atoms with Gasteiger partial charge in [-0.25, -0.2) is 0 Å². The van der Waals surface area contributed by atoms with Crippen LogP contribution in [0.5, 0.6) is 11.5 Å². The molecule has 166 valence electrons. The number of fused-ring (bicyclic) bond motifs is 2. The summed E-state index contributed by atoms with van der Waals surface area (Å²) in [5.74, 6) is 0.874. The first-order chi connectivity index (χ1) is 14.1. The lowest BCUT2D eigenvalue weighted by molar-refractivity contribution is -0.289. The molecule has 5 heteroatoms. The van der Waals surface area contributed by atoms with E-state index in [0.29, 0.717) is 11.8 Å². The van der Waals surface area contributed by atoms with Crippen LogP contribution >= 0.6 is 0 Å². The van der Waals surface area contributed by atoms with Crippen molar-refractivity contribution in [3.63, 3.8) is 0 Å². The van der Waals surface area contributed by atoms with Gasteiger partial charge in [0.2, 0.25) is 0 Å². The number of methoxy groups -OCH3 is 1. The Morgan fingerprint density at radius 3 is 2.60 bits per heavy atom. The van der Waals surface area contributed by atoms with E-state index in [1.165, 1.54) is 11.1 Å². The molecular formula is C25H37NO4. The molecule has 0 amide bonds. The Bertz CT molecular complexity index is 879. The fourth-order valence-electron chi connectivity index (χ4n) is 8.43. The van der Waals surface area contributed by atoms with E-state index in [9.17, 15) is 10.2 Å². The van der Waals surface area contributed by atoms with Gasteiger partial charge in [-0.1, -0.05) is 19.9 Å². The molecule has 3 fully saturated rings. The Morgan fingerprint density at radius 2 is 2.00 bits per heavy atom. The summed E-state index contributed by atoms with van der Waals surface area (Å²) in [5, 5.41) is 22.1. The van der Waals surface area contributed by atoms with E-state index >= 15 is 0 Å². The second-order valence-corrected chi connectivity index (χ2v) is 10.8. The Labute approximate surface area is 180 Å². The van der Waals surface area contributed by atoms with E-state index in [0.717, 1.165) is 38.6 Å². The minimum Gasteiger partial charge on any atom is -0.504 e. The molecule has 1 aromatic rings. The summed E-state index contributed by atoms with van der Waals surface area (Å²) in [5.41, 5.74) is 0.866. The van der Waals surface area contributed by atoms with E-state index in [1.54, 1.807) is 13.2 Å². The quantitative estimate of drug-likeness (QED) is 0.769. The lowest BCUT2D eigenvalue weighted by Gasteiger charge is -2.72. The van der Waals surface area contributed by atoms with Crippen LogP contribution in [0.25, 0.3) is 0 Å². The minimum atomic E-state index is -0.876. The third-order valence-electron chi connectivity index (χ3n) is 9.68. The van der Waals surface area contributed by atoms with E-state index in [4.69, 9.17) is 9.47 Å². The zero-order chi connectivity index (χ0) is 21.7. The molecule has 1 aliphatic heterocycles. The molecule has 0 saturated heterocycles. The zero-order valence-electron chi connectivity index (χ0n) is 19.3. The lowest BCUT2D eigenvalue weighted by Crippen LogP contribution is -2.80. The van der Waals surface area contributed by atoms with Crippen LogP contribution < -0.4 is 4.74 Å². The van der Waals surface area contributed by atoms with Gasteiger partial charge in [0.15, 0.2) is 11.5 Å². The Balaban J connectivity index is 1.85. The molecular weight excluding hydrogens is 378 g/mol. The number of ether oxygens (including phenoxy) is 2. The van der Waals surface area contributed by atoms with Gasteiger partial charge in [-0.15, -0.1) is 0 Å². The highest BCUT2D eigenvalue weighted by molar-refractivity contribution is 5.62. The van der Waals surface area contributed by atoms with Crippen LogP contribution in [0.4, 0.5) is 0 Å². The number of nitrogens with zero attached hydrogens (tertiary/aromatic N) is 1. The number of aromatic hydroxyl groups is 1. The molecule has 1 spiro atoms. The molecule has 6 rings (SSSR count). The molecule has 0 radical (unpaired) electrons. The predicted octanol–water partition coefficient (Wildman–Crippen LogP) is 3.63. The number of hydrogen-bond acceptors (Lipinski definition) is 5. The molecule has 3 saturated carbocycles. The number of phenols is 1. The third-order valence-corrected chi connectivity index (χ3v) is 9.68. The van der Waals surface area contributed by atoms with Crippen LogP contribution in [-0.4, -0.2) is 59.2 Å². The van der Waals surface area contributed by atoms with Crippen molar-refractivity contribution < 1.29 is 19.7 Å². The number of benzene rings is 1. The molecule has 2 N–H and O–H groups in total. The van der Waals surface area contributed by atoms with Crippen molar-refractivity contribution in [1.29, 1.82) is 0 Å². The highest BCUT2D eigenvalue weighted by atomic mass is 16.6. The van der Waals surface area contributed by atoms with Crippen molar-refractivity contribution in [2.45, 2.75) is 88.6 Å². The summed E-state index contributed by atoms with van der Waals surface area (Å²) in [6.07, 6.45) is 4.56. The number of phenolic OH excluding ortho intramolecular Hbond substituents is 1. The van der Waals surface area contributed by atoms with Crippen LogP contribution in [0.1, 0.15) is 64.5 Å². The summed E-state index contributed by atoms with van der Waals surface area (Å²) in [6.45, 7) is 9.35. The van der Waals surface area contributed by atoms with Gasteiger partial charge in [-0.3, -0.25) is 0 Å². The average molecular weight is 416 g/mol. The molecule has 0 aromatic heterocycles. The summed E-state index contributed by atoms with van der Waals surface area (Å²) < 4.78 is 13.1. The van der Waals surface area contributed by atoms with Gasteiger partial charge < -0.3 is 24.6 Å². The van der Waals surface area contributed by atoms with E-state index < -0.39 is 11.2 Å². The van der Waals surface area contributed by atoms with Crippen molar-refractivity contribution in [2.75, 3.05) is 20.7 Å². The Morgan fingerprint density at radius 1 is 1.27 bits per heavy atom. The van der Waals surface area contributed by atoms with Crippen molar-refractivity contribution in [1.82, 2.24) is 4.90 Å². The van der Waals surface area contributed by atoms with Gasteiger partial charge in [-0.05, 0) is 71.2 Å². The predicted molar refractivity (Wildman–Crippen MR) is 116 cm³/mol. The molecule has 1 aromatic carbocycles. The van der Waals surface area contributed by atoms with Gasteiger partial charge in [-0.2, -0.15) is 0 Å². The molecule has 5 nitrogen and oxygen atoms in total. The highest BCUT2D eigenvalue weighted by Gasteiger charge is 2.80. The van der Waals surface area contributed by atoms with Gasteiger partial charge in [0.1, 0.15) is 11.7 Å². The molecule has 2 bridgehead atoms. The number of rotatable bonds is 5.